The third-order valence-corrected chi connectivity index (χ3v) is 4.98. The van der Waals surface area contributed by atoms with Crippen molar-refractivity contribution in [2.24, 2.45) is 0 Å². The van der Waals surface area contributed by atoms with E-state index in [1.54, 1.807) is 0 Å². The van der Waals surface area contributed by atoms with E-state index in [1.807, 2.05) is 31.2 Å². The van der Waals surface area contributed by atoms with Crippen LogP contribution in [0.2, 0.25) is 0 Å². The lowest BCUT2D eigenvalue weighted by molar-refractivity contribution is -0.385. The minimum atomic E-state index is -3.78. The first-order valence-corrected chi connectivity index (χ1v) is 9.37. The molecule has 0 saturated carbocycles. The van der Waals surface area contributed by atoms with Gasteiger partial charge < -0.3 is 4.74 Å². The molecule has 0 unspecified atom stereocenters. The fraction of sp³-hybridized carbons (Fsp3) is 0.294. The Hall–Kier alpha value is -2.45. The van der Waals surface area contributed by atoms with Crippen molar-refractivity contribution < 1.29 is 18.1 Å². The zero-order chi connectivity index (χ0) is 18.3. The maximum atomic E-state index is 12.2. The number of nitrogens with one attached hydrogen (secondary N) is 1. The number of hydrogen-bond donors (Lipinski definition) is 1. The summed E-state index contributed by atoms with van der Waals surface area (Å²) in [4.78, 5) is 10.0. The van der Waals surface area contributed by atoms with E-state index in [2.05, 4.69) is 4.72 Å². The first-order chi connectivity index (χ1) is 11.9. The number of ether oxygens (including phenoxy) is 1. The van der Waals surface area contributed by atoms with E-state index >= 15 is 0 Å². The fourth-order valence-electron chi connectivity index (χ4n) is 2.34. The van der Waals surface area contributed by atoms with E-state index in [1.165, 1.54) is 18.2 Å². The van der Waals surface area contributed by atoms with Crippen LogP contribution in [-0.4, -0.2) is 26.5 Å². The van der Waals surface area contributed by atoms with Gasteiger partial charge in [-0.15, -0.1) is 0 Å². The summed E-state index contributed by atoms with van der Waals surface area (Å²) >= 11 is 0. The predicted octanol–water partition coefficient (Wildman–Crippen LogP) is 2.90. The molecule has 0 fully saturated rings. The Balaban J connectivity index is 1.95. The molecule has 0 aromatic heterocycles. The Morgan fingerprint density at radius 1 is 1.16 bits per heavy atom. The van der Waals surface area contributed by atoms with Crippen LogP contribution in [0.15, 0.2) is 53.4 Å². The molecule has 0 bridgehead atoms. The molecule has 0 atom stereocenters. The minimum absolute atomic E-state index is 0.114. The van der Waals surface area contributed by atoms with Crippen LogP contribution in [0.25, 0.3) is 0 Å². The highest BCUT2D eigenvalue weighted by Gasteiger charge is 2.17. The van der Waals surface area contributed by atoms with E-state index < -0.39 is 14.9 Å². The van der Waals surface area contributed by atoms with Gasteiger partial charge in [-0.3, -0.25) is 10.1 Å². The van der Waals surface area contributed by atoms with Gasteiger partial charge in [0.25, 0.3) is 5.69 Å². The smallest absolute Gasteiger partial charge is 0.270 e. The van der Waals surface area contributed by atoms with Gasteiger partial charge in [0.05, 0.1) is 16.4 Å². The molecule has 0 aliphatic carbocycles. The van der Waals surface area contributed by atoms with Crippen molar-refractivity contribution >= 4 is 15.7 Å². The molecule has 8 heteroatoms. The summed E-state index contributed by atoms with van der Waals surface area (Å²) in [6.07, 6.45) is 1.24. The second kappa shape index (κ2) is 8.59. The van der Waals surface area contributed by atoms with Crippen LogP contribution in [0.3, 0.4) is 0 Å². The Bertz CT molecular complexity index is 836. The molecule has 0 aliphatic rings. The summed E-state index contributed by atoms with van der Waals surface area (Å²) in [5.74, 6) is 0.798. The number of rotatable bonds is 9. The van der Waals surface area contributed by atoms with Gasteiger partial charge in [-0.05, 0) is 37.5 Å². The lowest BCUT2D eigenvalue weighted by atomic mass is 10.1. The maximum absolute atomic E-state index is 12.2. The monoisotopic (exact) mass is 364 g/mol. The number of nitrogens with zero attached hydrogens (tertiary/aromatic N) is 1. The van der Waals surface area contributed by atoms with Crippen LogP contribution >= 0.6 is 0 Å². The van der Waals surface area contributed by atoms with E-state index in [9.17, 15) is 18.5 Å². The maximum Gasteiger partial charge on any atom is 0.270 e. The number of para-hydroxylation sites is 1. The molecular formula is C17H20N2O5S. The van der Waals surface area contributed by atoms with Crippen molar-refractivity contribution in [2.45, 2.75) is 24.7 Å². The molecule has 0 saturated heterocycles. The summed E-state index contributed by atoms with van der Waals surface area (Å²) in [7, 11) is -3.78. The molecule has 134 valence electrons. The molecule has 1 N–H and O–H groups in total. The van der Waals surface area contributed by atoms with Crippen molar-refractivity contribution in [1.29, 1.82) is 0 Å². The highest BCUT2D eigenvalue weighted by atomic mass is 32.2. The number of nitro benzene ring substituents is 1. The van der Waals surface area contributed by atoms with Crippen molar-refractivity contribution in [2.75, 3.05) is 13.2 Å². The predicted molar refractivity (Wildman–Crippen MR) is 94.2 cm³/mol. The van der Waals surface area contributed by atoms with E-state index in [0.29, 0.717) is 19.4 Å². The summed E-state index contributed by atoms with van der Waals surface area (Å²) in [5.41, 5.74) is 0.757. The van der Waals surface area contributed by atoms with Gasteiger partial charge in [0.2, 0.25) is 10.0 Å². The molecule has 2 aromatic carbocycles. The molecule has 0 aliphatic heterocycles. The third kappa shape index (κ3) is 5.27. The zero-order valence-corrected chi connectivity index (χ0v) is 14.7. The summed E-state index contributed by atoms with van der Waals surface area (Å²) in [6, 6.07) is 12.6. The molecule has 2 aromatic rings. The van der Waals surface area contributed by atoms with Crippen molar-refractivity contribution in [3.8, 4) is 5.75 Å². The topological polar surface area (TPSA) is 98.5 Å². The van der Waals surface area contributed by atoms with Gasteiger partial charge in [-0.25, -0.2) is 13.1 Å². The molecule has 2 rings (SSSR count). The Morgan fingerprint density at radius 2 is 1.92 bits per heavy atom. The molecule has 0 heterocycles. The third-order valence-electron chi connectivity index (χ3n) is 3.53. The first kappa shape index (κ1) is 18.9. The largest absolute Gasteiger partial charge is 0.494 e. The Labute approximate surface area is 146 Å². The van der Waals surface area contributed by atoms with E-state index in [4.69, 9.17) is 4.74 Å². The van der Waals surface area contributed by atoms with Gasteiger partial charge >= 0.3 is 0 Å². The zero-order valence-electron chi connectivity index (χ0n) is 13.8. The summed E-state index contributed by atoms with van der Waals surface area (Å²) < 4.78 is 32.5. The van der Waals surface area contributed by atoms with Crippen LogP contribution in [0.4, 0.5) is 5.69 Å². The van der Waals surface area contributed by atoms with Gasteiger partial charge in [0, 0.05) is 18.7 Å². The Kier molecular flexibility index (Phi) is 6.49. The van der Waals surface area contributed by atoms with Gasteiger partial charge in [0.1, 0.15) is 5.75 Å². The fourth-order valence-corrected chi connectivity index (χ4v) is 3.45. The summed E-state index contributed by atoms with van der Waals surface area (Å²) in [6.45, 7) is 2.70. The SMILES string of the molecule is CCOc1ccccc1CCCNS(=O)(=O)c1cccc([N+](=O)[O-])c1. The van der Waals surface area contributed by atoms with Crippen LogP contribution < -0.4 is 9.46 Å². The molecule has 25 heavy (non-hydrogen) atoms. The lowest BCUT2D eigenvalue weighted by Crippen LogP contribution is -2.25. The average molecular weight is 364 g/mol. The Morgan fingerprint density at radius 3 is 2.64 bits per heavy atom. The first-order valence-electron chi connectivity index (χ1n) is 7.89. The molecule has 0 spiro atoms. The second-order valence-electron chi connectivity index (χ2n) is 5.30. The van der Waals surface area contributed by atoms with Crippen LogP contribution in [-0.2, 0) is 16.4 Å². The second-order valence-corrected chi connectivity index (χ2v) is 7.06. The van der Waals surface area contributed by atoms with Gasteiger partial charge in [0.15, 0.2) is 0 Å². The number of hydrogen-bond acceptors (Lipinski definition) is 5. The lowest BCUT2D eigenvalue weighted by Gasteiger charge is -2.10. The number of sulfonamides is 1. The number of benzene rings is 2. The molecular weight excluding hydrogens is 344 g/mol. The molecule has 0 amide bonds. The average Bonchev–Trinajstić information content (AvgIpc) is 2.60. The normalized spacial score (nSPS) is 11.2. The number of non-ortho nitro benzene ring substituents is 1. The van der Waals surface area contributed by atoms with Crippen LogP contribution in [0.1, 0.15) is 18.9 Å². The van der Waals surface area contributed by atoms with Crippen molar-refractivity contribution in [1.82, 2.24) is 4.72 Å². The van der Waals surface area contributed by atoms with Crippen molar-refractivity contribution in [3.63, 3.8) is 0 Å². The van der Waals surface area contributed by atoms with E-state index in [0.717, 1.165) is 17.4 Å². The van der Waals surface area contributed by atoms with Crippen LogP contribution in [0.5, 0.6) is 5.75 Å². The highest BCUT2D eigenvalue weighted by molar-refractivity contribution is 7.89. The van der Waals surface area contributed by atoms with Crippen molar-refractivity contribution in [3.05, 3.63) is 64.2 Å². The van der Waals surface area contributed by atoms with Crippen LogP contribution in [0, 0.1) is 10.1 Å². The standard InChI is InChI=1S/C17H20N2O5S/c1-2-24-17-11-4-3-7-14(17)8-6-12-18-25(22,23)16-10-5-9-15(13-16)19(20)21/h3-5,7,9-11,13,18H,2,6,8,12H2,1H3. The number of aryl methyl sites for hydroxylation is 1. The van der Waals surface area contributed by atoms with Gasteiger partial charge in [-0.1, -0.05) is 24.3 Å². The molecule has 7 nitrogen and oxygen atoms in total. The minimum Gasteiger partial charge on any atom is -0.494 e. The van der Waals surface area contributed by atoms with Gasteiger partial charge in [-0.2, -0.15) is 0 Å². The number of nitro groups is 1. The van der Waals surface area contributed by atoms with E-state index in [-0.39, 0.29) is 17.1 Å². The quantitative estimate of drug-likeness (QED) is 0.419. The molecule has 0 radical (unpaired) electrons. The highest BCUT2D eigenvalue weighted by Crippen LogP contribution is 2.20. The summed E-state index contributed by atoms with van der Waals surface area (Å²) in [5, 5.41) is 10.8.